The highest BCUT2D eigenvalue weighted by molar-refractivity contribution is 6.62. The molecule has 1 aromatic carbocycles. The molecule has 1 aromatic rings. The van der Waals surface area contributed by atoms with Crippen LogP contribution in [0.4, 0.5) is 0 Å². The zero-order valence-corrected chi connectivity index (χ0v) is 15.8. The first kappa shape index (κ1) is 18.4. The van der Waals surface area contributed by atoms with E-state index in [1.54, 1.807) is 0 Å². The van der Waals surface area contributed by atoms with E-state index in [0.717, 1.165) is 29.7 Å². The summed E-state index contributed by atoms with van der Waals surface area (Å²) in [6, 6.07) is 9.15. The first-order chi connectivity index (χ1) is 13.0. The van der Waals surface area contributed by atoms with E-state index in [1.807, 2.05) is 30.3 Å². The van der Waals surface area contributed by atoms with Gasteiger partial charge < -0.3 is 4.74 Å². The fraction of sp³-hybridized carbons (Fsp3) is 0.609. The van der Waals surface area contributed by atoms with Crippen molar-refractivity contribution in [3.05, 3.63) is 35.9 Å². The molecule has 4 bridgehead atoms. The normalized spacial score (nSPS) is 30.9. The van der Waals surface area contributed by atoms with E-state index in [2.05, 4.69) is 0 Å². The molecular weight excluding hydrogens is 340 g/mol. The number of benzene rings is 1. The topological polar surface area (TPSA) is 60.4 Å². The summed E-state index contributed by atoms with van der Waals surface area (Å²) < 4.78 is 4.98. The third-order valence-corrected chi connectivity index (χ3v) is 6.93. The minimum absolute atomic E-state index is 0.0198. The van der Waals surface area contributed by atoms with Crippen LogP contribution in [0.1, 0.15) is 63.4 Å². The molecular formula is C23H28O4. The minimum Gasteiger partial charge on any atom is -0.455 e. The fourth-order valence-corrected chi connectivity index (χ4v) is 6.24. The van der Waals surface area contributed by atoms with Gasteiger partial charge in [0, 0.05) is 6.42 Å². The molecule has 0 radical (unpaired) electrons. The quantitative estimate of drug-likeness (QED) is 0.391. The standard InChI is InChI=1S/C23H28O4/c24-20(21(25)22(26)27-15-16-5-2-1-3-6-16)7-4-8-23-12-17-9-18(13-23)11-19(10-17)14-23/h1-3,5-6,17-19H,4,7-15H2. The van der Waals surface area contributed by atoms with Crippen LogP contribution < -0.4 is 0 Å². The van der Waals surface area contributed by atoms with Crippen LogP contribution in [0, 0.1) is 23.2 Å². The summed E-state index contributed by atoms with van der Waals surface area (Å²) in [4.78, 5) is 36.0. The second-order valence-electron chi connectivity index (χ2n) is 9.09. The zero-order chi connectivity index (χ0) is 18.9. The lowest BCUT2D eigenvalue weighted by molar-refractivity contribution is -0.157. The van der Waals surface area contributed by atoms with Gasteiger partial charge in [0.1, 0.15) is 6.61 Å². The number of hydrogen-bond acceptors (Lipinski definition) is 4. The fourth-order valence-electron chi connectivity index (χ4n) is 6.24. The molecule has 144 valence electrons. The molecule has 0 unspecified atom stereocenters. The number of carbonyl (C=O) groups excluding carboxylic acids is 3. The van der Waals surface area contributed by atoms with E-state index in [4.69, 9.17) is 4.74 Å². The molecule has 0 saturated heterocycles. The maximum atomic E-state index is 12.1. The smallest absolute Gasteiger partial charge is 0.383 e. The summed E-state index contributed by atoms with van der Waals surface area (Å²) in [5.74, 6) is 0.0394. The van der Waals surface area contributed by atoms with Crippen LogP contribution in [0.15, 0.2) is 30.3 Å². The van der Waals surface area contributed by atoms with E-state index in [0.29, 0.717) is 11.8 Å². The van der Waals surface area contributed by atoms with Gasteiger partial charge in [-0.2, -0.15) is 0 Å². The van der Waals surface area contributed by atoms with E-state index >= 15 is 0 Å². The number of hydrogen-bond donors (Lipinski definition) is 0. The van der Waals surface area contributed by atoms with Gasteiger partial charge in [-0.05, 0) is 80.1 Å². The number of ketones is 2. The van der Waals surface area contributed by atoms with Crippen molar-refractivity contribution in [1.29, 1.82) is 0 Å². The molecule has 0 heterocycles. The minimum atomic E-state index is -1.03. The Balaban J connectivity index is 1.22. The van der Waals surface area contributed by atoms with Crippen LogP contribution in [0.2, 0.25) is 0 Å². The molecule has 0 atom stereocenters. The molecule has 4 heteroatoms. The molecule has 4 fully saturated rings. The third-order valence-electron chi connectivity index (χ3n) is 6.93. The Kier molecular flexibility index (Phi) is 5.16. The highest BCUT2D eigenvalue weighted by Gasteiger charge is 2.50. The maximum absolute atomic E-state index is 12.1. The van der Waals surface area contributed by atoms with Crippen LogP contribution in [0.25, 0.3) is 0 Å². The third kappa shape index (κ3) is 4.15. The number of Topliss-reactive ketones (excluding diaryl/α,β-unsaturated/α-hetero) is 2. The molecule has 27 heavy (non-hydrogen) atoms. The molecule has 0 amide bonds. The predicted octanol–water partition coefficient (Wildman–Crippen LogP) is 4.25. The summed E-state index contributed by atoms with van der Waals surface area (Å²) in [5.41, 5.74) is 1.21. The van der Waals surface area contributed by atoms with Gasteiger partial charge in [0.25, 0.3) is 0 Å². The SMILES string of the molecule is O=C(CCCC12CC3CC(CC(C3)C1)C2)C(=O)C(=O)OCc1ccccc1. The van der Waals surface area contributed by atoms with Crippen molar-refractivity contribution in [2.75, 3.05) is 0 Å². The van der Waals surface area contributed by atoms with Crippen LogP contribution in [0.3, 0.4) is 0 Å². The van der Waals surface area contributed by atoms with Crippen LogP contribution >= 0.6 is 0 Å². The highest BCUT2D eigenvalue weighted by atomic mass is 16.5. The van der Waals surface area contributed by atoms with Gasteiger partial charge in [0.2, 0.25) is 5.78 Å². The van der Waals surface area contributed by atoms with E-state index in [9.17, 15) is 14.4 Å². The summed E-state index contributed by atoms with van der Waals surface area (Å²) >= 11 is 0. The van der Waals surface area contributed by atoms with Gasteiger partial charge in [0.05, 0.1) is 0 Å². The largest absolute Gasteiger partial charge is 0.455 e. The van der Waals surface area contributed by atoms with Gasteiger partial charge in [-0.25, -0.2) is 4.79 Å². The van der Waals surface area contributed by atoms with Crippen molar-refractivity contribution in [2.45, 2.75) is 64.4 Å². The Hall–Kier alpha value is -1.97. The van der Waals surface area contributed by atoms with Crippen molar-refractivity contribution in [3.8, 4) is 0 Å². The lowest BCUT2D eigenvalue weighted by Gasteiger charge is -2.57. The number of carbonyl (C=O) groups is 3. The Bertz CT molecular complexity index is 686. The molecule has 4 aliphatic rings. The van der Waals surface area contributed by atoms with Crippen LogP contribution in [-0.2, 0) is 25.7 Å². The van der Waals surface area contributed by atoms with E-state index in [1.165, 1.54) is 38.5 Å². The molecule has 0 aliphatic heterocycles. The van der Waals surface area contributed by atoms with E-state index < -0.39 is 17.5 Å². The Morgan fingerprint density at radius 3 is 2.11 bits per heavy atom. The number of rotatable bonds is 8. The lowest BCUT2D eigenvalue weighted by atomic mass is 9.48. The summed E-state index contributed by atoms with van der Waals surface area (Å²) in [5, 5.41) is 0. The van der Waals surface area contributed by atoms with Crippen LogP contribution in [0.5, 0.6) is 0 Å². The van der Waals surface area contributed by atoms with Gasteiger partial charge in [-0.15, -0.1) is 0 Å². The molecule has 4 nitrogen and oxygen atoms in total. The van der Waals surface area contributed by atoms with Crippen LogP contribution in [-0.4, -0.2) is 17.5 Å². The Morgan fingerprint density at radius 1 is 0.926 bits per heavy atom. The lowest BCUT2D eigenvalue weighted by Crippen LogP contribution is -2.46. The van der Waals surface area contributed by atoms with Crippen molar-refractivity contribution < 1.29 is 19.1 Å². The van der Waals surface area contributed by atoms with Gasteiger partial charge in [-0.1, -0.05) is 30.3 Å². The zero-order valence-electron chi connectivity index (χ0n) is 15.8. The molecule has 0 spiro atoms. The summed E-state index contributed by atoms with van der Waals surface area (Å²) in [6.07, 6.45) is 10.0. The average Bonchev–Trinajstić information content (AvgIpc) is 2.65. The average molecular weight is 368 g/mol. The monoisotopic (exact) mass is 368 g/mol. The molecule has 0 aromatic heterocycles. The van der Waals surface area contributed by atoms with Crippen molar-refractivity contribution in [3.63, 3.8) is 0 Å². The maximum Gasteiger partial charge on any atom is 0.383 e. The van der Waals surface area contributed by atoms with Gasteiger partial charge in [0.15, 0.2) is 0 Å². The Labute approximate surface area is 160 Å². The first-order valence-electron chi connectivity index (χ1n) is 10.3. The second kappa shape index (κ2) is 7.57. The van der Waals surface area contributed by atoms with Gasteiger partial charge in [-0.3, -0.25) is 9.59 Å². The molecule has 5 rings (SSSR count). The highest BCUT2D eigenvalue weighted by Crippen LogP contribution is 2.61. The molecule has 0 N–H and O–H groups in total. The van der Waals surface area contributed by atoms with Crippen molar-refractivity contribution in [2.24, 2.45) is 23.2 Å². The van der Waals surface area contributed by atoms with E-state index in [-0.39, 0.29) is 13.0 Å². The number of ether oxygens (including phenoxy) is 1. The van der Waals surface area contributed by atoms with Gasteiger partial charge >= 0.3 is 11.8 Å². The predicted molar refractivity (Wildman–Crippen MR) is 101 cm³/mol. The Morgan fingerprint density at radius 2 is 1.52 bits per heavy atom. The van der Waals surface area contributed by atoms with Crippen molar-refractivity contribution in [1.82, 2.24) is 0 Å². The van der Waals surface area contributed by atoms with Crippen molar-refractivity contribution >= 4 is 17.5 Å². The molecule has 4 aliphatic carbocycles. The molecule has 4 saturated carbocycles. The number of esters is 1. The first-order valence-corrected chi connectivity index (χ1v) is 10.3. The second-order valence-corrected chi connectivity index (χ2v) is 9.09. The summed E-state index contributed by atoms with van der Waals surface area (Å²) in [6.45, 7) is 0.0198. The summed E-state index contributed by atoms with van der Waals surface area (Å²) in [7, 11) is 0.